The van der Waals surface area contributed by atoms with Gasteiger partial charge in [-0.3, -0.25) is 4.79 Å². The SMILES string of the molecule is COC(=O)c1c(C)[nH]c(C(=O)[C@@H](C)OC(=O)c2cccc(Br)c2)c1C. The maximum Gasteiger partial charge on any atom is 0.339 e. The Morgan fingerprint density at radius 3 is 2.44 bits per heavy atom. The zero-order valence-electron chi connectivity index (χ0n) is 14.3. The lowest BCUT2D eigenvalue weighted by Crippen LogP contribution is -2.25. The van der Waals surface area contributed by atoms with E-state index in [1.165, 1.54) is 14.0 Å². The molecule has 0 aliphatic heterocycles. The van der Waals surface area contributed by atoms with Gasteiger partial charge in [0.25, 0.3) is 0 Å². The first kappa shape index (κ1) is 18.9. The number of hydrogen-bond donors (Lipinski definition) is 1. The number of nitrogens with one attached hydrogen (secondary N) is 1. The largest absolute Gasteiger partial charge is 0.465 e. The number of esters is 2. The fourth-order valence-electron chi connectivity index (χ4n) is 2.51. The van der Waals surface area contributed by atoms with E-state index in [9.17, 15) is 14.4 Å². The smallest absolute Gasteiger partial charge is 0.339 e. The minimum atomic E-state index is -1.01. The Morgan fingerprint density at radius 1 is 1.16 bits per heavy atom. The van der Waals surface area contributed by atoms with Crippen LogP contribution in [0.4, 0.5) is 0 Å². The van der Waals surface area contributed by atoms with Crippen LogP contribution in [0, 0.1) is 13.8 Å². The molecule has 1 aromatic carbocycles. The second-order valence-electron chi connectivity index (χ2n) is 5.54. The number of carbonyl (C=O) groups is 3. The molecule has 0 spiro atoms. The number of benzene rings is 1. The lowest BCUT2D eigenvalue weighted by molar-refractivity contribution is 0.0316. The van der Waals surface area contributed by atoms with Gasteiger partial charge >= 0.3 is 11.9 Å². The normalized spacial score (nSPS) is 11.7. The van der Waals surface area contributed by atoms with Crippen molar-refractivity contribution in [3.8, 4) is 0 Å². The number of hydrogen-bond acceptors (Lipinski definition) is 5. The molecule has 0 saturated carbocycles. The average molecular weight is 408 g/mol. The Kier molecular flexibility index (Phi) is 5.79. The van der Waals surface area contributed by atoms with Gasteiger partial charge in [-0.05, 0) is 44.5 Å². The molecule has 2 rings (SSSR count). The first-order valence-electron chi connectivity index (χ1n) is 7.54. The number of ketones is 1. The molecular formula is C18H18BrNO5. The molecule has 0 amide bonds. The van der Waals surface area contributed by atoms with Crippen LogP contribution in [-0.4, -0.2) is 35.9 Å². The number of aromatic amines is 1. The van der Waals surface area contributed by atoms with Gasteiger partial charge in [0.05, 0.1) is 23.9 Å². The Bertz CT molecular complexity index is 840. The van der Waals surface area contributed by atoms with Crippen LogP contribution in [0.1, 0.15) is 49.4 Å². The van der Waals surface area contributed by atoms with Crippen molar-refractivity contribution < 1.29 is 23.9 Å². The van der Waals surface area contributed by atoms with E-state index < -0.39 is 23.8 Å². The number of ether oxygens (including phenoxy) is 2. The van der Waals surface area contributed by atoms with Crippen molar-refractivity contribution in [2.24, 2.45) is 0 Å². The number of Topliss-reactive ketones (excluding diaryl/α,β-unsaturated/α-hetero) is 1. The molecule has 0 unspecified atom stereocenters. The van der Waals surface area contributed by atoms with E-state index in [0.717, 1.165) is 4.47 Å². The quantitative estimate of drug-likeness (QED) is 0.604. The van der Waals surface area contributed by atoms with Crippen LogP contribution in [0.15, 0.2) is 28.7 Å². The van der Waals surface area contributed by atoms with Crippen molar-refractivity contribution in [2.75, 3.05) is 7.11 Å². The number of halogens is 1. The topological polar surface area (TPSA) is 85.5 Å². The predicted molar refractivity (Wildman–Crippen MR) is 95.0 cm³/mol. The third-order valence-corrected chi connectivity index (χ3v) is 4.28. The molecule has 1 N–H and O–H groups in total. The second-order valence-corrected chi connectivity index (χ2v) is 6.45. The minimum absolute atomic E-state index is 0.229. The van der Waals surface area contributed by atoms with Gasteiger partial charge in [-0.1, -0.05) is 22.0 Å². The highest BCUT2D eigenvalue weighted by Crippen LogP contribution is 2.21. The van der Waals surface area contributed by atoms with Crippen molar-refractivity contribution in [3.63, 3.8) is 0 Å². The summed E-state index contributed by atoms with van der Waals surface area (Å²) in [5, 5.41) is 0. The summed E-state index contributed by atoms with van der Waals surface area (Å²) in [5.74, 6) is -1.54. The summed E-state index contributed by atoms with van der Waals surface area (Å²) in [6, 6.07) is 6.70. The Morgan fingerprint density at radius 2 is 1.84 bits per heavy atom. The summed E-state index contributed by atoms with van der Waals surface area (Å²) in [5.41, 5.74) is 1.88. The van der Waals surface area contributed by atoms with Crippen molar-refractivity contribution in [2.45, 2.75) is 26.9 Å². The molecule has 25 heavy (non-hydrogen) atoms. The van der Waals surface area contributed by atoms with Crippen LogP contribution < -0.4 is 0 Å². The summed E-state index contributed by atoms with van der Waals surface area (Å²) in [6.07, 6.45) is -1.01. The minimum Gasteiger partial charge on any atom is -0.465 e. The van der Waals surface area contributed by atoms with E-state index in [1.54, 1.807) is 38.1 Å². The maximum atomic E-state index is 12.6. The van der Waals surface area contributed by atoms with E-state index in [-0.39, 0.29) is 5.69 Å². The van der Waals surface area contributed by atoms with E-state index >= 15 is 0 Å². The molecule has 7 heteroatoms. The summed E-state index contributed by atoms with van der Waals surface area (Å²) in [7, 11) is 1.28. The molecule has 0 radical (unpaired) electrons. The number of carbonyl (C=O) groups excluding carboxylic acids is 3. The Balaban J connectivity index is 2.20. The van der Waals surface area contributed by atoms with Crippen LogP contribution in [-0.2, 0) is 9.47 Å². The standard InChI is InChI=1S/C18H18BrNO5/c1-9-14(18(23)24-4)10(2)20-15(9)16(21)11(3)25-17(22)12-6-5-7-13(19)8-12/h5-8,11,20H,1-4H3/t11-/m1/s1. The van der Waals surface area contributed by atoms with Crippen LogP contribution in [0.25, 0.3) is 0 Å². The third kappa shape index (κ3) is 3.99. The van der Waals surface area contributed by atoms with Crippen molar-refractivity contribution >= 4 is 33.7 Å². The van der Waals surface area contributed by atoms with Gasteiger partial charge in [-0.2, -0.15) is 0 Å². The van der Waals surface area contributed by atoms with Crippen LogP contribution in [0.3, 0.4) is 0 Å². The number of H-pyrrole nitrogens is 1. The molecule has 0 aliphatic carbocycles. The highest BCUT2D eigenvalue weighted by molar-refractivity contribution is 9.10. The summed E-state index contributed by atoms with van der Waals surface area (Å²) in [4.78, 5) is 39.5. The van der Waals surface area contributed by atoms with E-state index in [4.69, 9.17) is 9.47 Å². The van der Waals surface area contributed by atoms with Gasteiger partial charge in [-0.25, -0.2) is 9.59 Å². The molecule has 2 aromatic rings. The molecule has 0 saturated heterocycles. The van der Waals surface area contributed by atoms with E-state index in [0.29, 0.717) is 22.4 Å². The number of rotatable bonds is 5. The molecule has 1 heterocycles. The Labute approximate surface area is 153 Å². The monoisotopic (exact) mass is 407 g/mol. The fourth-order valence-corrected chi connectivity index (χ4v) is 2.90. The average Bonchev–Trinajstić information content (AvgIpc) is 2.87. The van der Waals surface area contributed by atoms with Gasteiger partial charge in [0.1, 0.15) is 0 Å². The zero-order chi connectivity index (χ0) is 18.7. The first-order chi connectivity index (χ1) is 11.8. The predicted octanol–water partition coefficient (Wildman–Crippen LogP) is 3.61. The van der Waals surface area contributed by atoms with Crippen LogP contribution >= 0.6 is 15.9 Å². The van der Waals surface area contributed by atoms with E-state index in [1.807, 2.05) is 0 Å². The van der Waals surface area contributed by atoms with Gasteiger partial charge in [-0.15, -0.1) is 0 Å². The molecule has 132 valence electrons. The second kappa shape index (κ2) is 7.65. The number of aryl methyl sites for hydroxylation is 1. The molecule has 6 nitrogen and oxygen atoms in total. The van der Waals surface area contributed by atoms with Gasteiger partial charge < -0.3 is 14.5 Å². The Hall–Kier alpha value is -2.41. The summed E-state index contributed by atoms with van der Waals surface area (Å²) < 4.78 is 10.7. The number of methoxy groups -OCH3 is 1. The van der Waals surface area contributed by atoms with Crippen molar-refractivity contribution in [1.29, 1.82) is 0 Å². The van der Waals surface area contributed by atoms with Gasteiger partial charge in [0.15, 0.2) is 6.10 Å². The highest BCUT2D eigenvalue weighted by Gasteiger charge is 2.27. The molecule has 0 fully saturated rings. The summed E-state index contributed by atoms with van der Waals surface area (Å²) in [6.45, 7) is 4.81. The van der Waals surface area contributed by atoms with Gasteiger partial charge in [0.2, 0.25) is 5.78 Å². The van der Waals surface area contributed by atoms with Crippen molar-refractivity contribution in [1.82, 2.24) is 4.98 Å². The molecule has 0 bridgehead atoms. The lowest BCUT2D eigenvalue weighted by Gasteiger charge is -2.12. The fraction of sp³-hybridized carbons (Fsp3) is 0.278. The van der Waals surface area contributed by atoms with Crippen molar-refractivity contribution in [3.05, 3.63) is 56.8 Å². The molecule has 0 aliphatic rings. The van der Waals surface area contributed by atoms with Crippen LogP contribution in [0.2, 0.25) is 0 Å². The molecular weight excluding hydrogens is 390 g/mol. The lowest BCUT2D eigenvalue weighted by atomic mass is 10.1. The molecule has 1 atom stereocenters. The molecule has 1 aromatic heterocycles. The zero-order valence-corrected chi connectivity index (χ0v) is 15.9. The summed E-state index contributed by atoms with van der Waals surface area (Å²) >= 11 is 3.28. The van der Waals surface area contributed by atoms with Crippen LogP contribution in [0.5, 0.6) is 0 Å². The maximum absolute atomic E-state index is 12.6. The van der Waals surface area contributed by atoms with Gasteiger partial charge in [0, 0.05) is 10.2 Å². The van der Waals surface area contributed by atoms with E-state index in [2.05, 4.69) is 20.9 Å². The number of aromatic nitrogens is 1. The first-order valence-corrected chi connectivity index (χ1v) is 8.33. The highest BCUT2D eigenvalue weighted by atomic mass is 79.9. The third-order valence-electron chi connectivity index (χ3n) is 3.79.